The van der Waals surface area contributed by atoms with Crippen LogP contribution in [0.1, 0.15) is 0 Å². The van der Waals surface area contributed by atoms with Crippen molar-refractivity contribution in [3.8, 4) is 17.2 Å². The first kappa shape index (κ1) is 12.0. The van der Waals surface area contributed by atoms with Crippen molar-refractivity contribution < 1.29 is 38.4 Å². The summed E-state index contributed by atoms with van der Waals surface area (Å²) in [6, 6.07) is 2.26. The van der Waals surface area contributed by atoms with Gasteiger partial charge in [0, 0.05) is 0 Å². The van der Waals surface area contributed by atoms with Crippen LogP contribution >= 0.6 is 11.6 Å². The topological polar surface area (TPSA) is 108 Å². The summed E-state index contributed by atoms with van der Waals surface area (Å²) in [6.07, 6.45) is -4.25. The van der Waals surface area contributed by atoms with Crippen molar-refractivity contribution in [2.24, 2.45) is 0 Å². The predicted molar refractivity (Wildman–Crippen MR) is 53.2 cm³/mol. The summed E-state index contributed by atoms with van der Waals surface area (Å²) in [5.41, 5.74) is 0. The Morgan fingerprint density at radius 3 is 2.50 bits per heavy atom. The summed E-state index contributed by atoms with van der Waals surface area (Å²) in [5.74, 6) is -0.853. The number of carboxylic acid groups (broad SMARTS) is 1. The molecule has 0 aliphatic carbocycles. The van der Waals surface area contributed by atoms with Crippen molar-refractivity contribution in [3.05, 3.63) is 17.2 Å². The molecule has 0 spiro atoms. The second kappa shape index (κ2) is 4.41. The van der Waals surface area contributed by atoms with Gasteiger partial charge in [-0.2, -0.15) is 0 Å². The van der Waals surface area contributed by atoms with E-state index in [9.17, 15) is 14.4 Å². The van der Waals surface area contributed by atoms with Crippen molar-refractivity contribution in [2.75, 3.05) is 0 Å². The Morgan fingerprint density at radius 2 is 1.83 bits per heavy atom. The van der Waals surface area contributed by atoms with E-state index >= 15 is 0 Å². The molecule has 0 amide bonds. The van der Waals surface area contributed by atoms with E-state index in [0.717, 1.165) is 12.1 Å². The lowest BCUT2D eigenvalue weighted by molar-refractivity contribution is 0.0998. The molecule has 0 fully saturated rings. The van der Waals surface area contributed by atoms with Gasteiger partial charge in [-0.05, 0) is 12.1 Å². The summed E-state index contributed by atoms with van der Waals surface area (Å²) in [6.45, 7) is 0. The Morgan fingerprint density at radius 1 is 1.17 bits per heavy atom. The molecule has 0 saturated heterocycles. The van der Waals surface area contributed by atoms with Crippen molar-refractivity contribution in [2.45, 2.75) is 0 Å². The van der Waals surface area contributed by atoms with Gasteiger partial charge in [-0.1, -0.05) is 11.6 Å². The molecule has 1 aromatic carbocycles. The highest BCUT2D eigenvalue weighted by Gasteiger charge is 2.28. The first-order valence-corrected chi connectivity index (χ1v) is 4.70. The molecule has 94 valence electrons. The number of cyclic esters (lactones) is 2. The van der Waals surface area contributed by atoms with E-state index in [4.69, 9.17) is 16.7 Å². The van der Waals surface area contributed by atoms with E-state index in [1.807, 2.05) is 0 Å². The minimum atomic E-state index is -1.61. The zero-order valence-corrected chi connectivity index (χ0v) is 9.09. The van der Waals surface area contributed by atoms with Gasteiger partial charge in [0.1, 0.15) is 5.02 Å². The molecule has 0 unspecified atom stereocenters. The Bertz CT molecular complexity index is 552. The molecule has 1 aliphatic rings. The second-order valence-corrected chi connectivity index (χ2v) is 3.26. The molecule has 1 heterocycles. The van der Waals surface area contributed by atoms with E-state index in [0.29, 0.717) is 0 Å². The number of fused-ring (bicyclic) bond motifs is 1. The lowest BCUT2D eigenvalue weighted by Crippen LogP contribution is -2.14. The molecule has 0 aromatic heterocycles. The number of rotatable bonds is 1. The van der Waals surface area contributed by atoms with Gasteiger partial charge in [0.05, 0.1) is 0 Å². The van der Waals surface area contributed by atoms with Crippen LogP contribution in [0.15, 0.2) is 12.1 Å². The molecule has 2 rings (SSSR count). The fourth-order valence-electron chi connectivity index (χ4n) is 1.15. The molecule has 0 radical (unpaired) electrons. The van der Waals surface area contributed by atoms with Crippen molar-refractivity contribution in [1.82, 2.24) is 0 Å². The standard InChI is InChI=1S/C9H3ClO8/c10-5-3(15-7(11)12)1-2-4-6(5)17-9(14)18-8(13)16-4/h1-2H,(H,11,12). The van der Waals surface area contributed by atoms with Gasteiger partial charge in [-0.3, -0.25) is 0 Å². The molecular formula is C9H3ClO8. The second-order valence-electron chi connectivity index (χ2n) is 2.88. The van der Waals surface area contributed by atoms with Crippen LogP contribution in [-0.2, 0) is 4.74 Å². The largest absolute Gasteiger partial charge is 0.524 e. The Kier molecular flexibility index (Phi) is 2.94. The molecule has 1 N–H and O–H groups in total. The zero-order chi connectivity index (χ0) is 13.3. The molecule has 9 heteroatoms. The molecule has 0 atom stereocenters. The van der Waals surface area contributed by atoms with Gasteiger partial charge in [-0.15, -0.1) is 0 Å². The summed E-state index contributed by atoms with van der Waals surface area (Å²) < 4.78 is 17.5. The van der Waals surface area contributed by atoms with Crippen LogP contribution in [0, 0.1) is 0 Å². The third kappa shape index (κ3) is 2.28. The Balaban J connectivity index is 2.47. The van der Waals surface area contributed by atoms with E-state index < -0.39 is 18.5 Å². The molecule has 1 aliphatic heterocycles. The zero-order valence-electron chi connectivity index (χ0n) is 8.34. The van der Waals surface area contributed by atoms with Crippen LogP contribution in [0.4, 0.5) is 14.4 Å². The summed E-state index contributed by atoms with van der Waals surface area (Å²) >= 11 is 5.74. The fraction of sp³-hybridized carbons (Fsp3) is 0. The van der Waals surface area contributed by atoms with Crippen molar-refractivity contribution in [3.63, 3.8) is 0 Å². The number of carbonyl (C=O) groups is 3. The molecule has 18 heavy (non-hydrogen) atoms. The molecule has 1 aromatic rings. The van der Waals surface area contributed by atoms with E-state index in [2.05, 4.69) is 18.9 Å². The maximum atomic E-state index is 11.0. The maximum Gasteiger partial charge on any atom is 0.524 e. The SMILES string of the molecule is O=C(O)Oc1ccc2c(c1Cl)OC(=O)OC(=O)O2. The predicted octanol–water partition coefficient (Wildman–Crippen LogP) is 2.42. The Hall–Kier alpha value is -2.48. The molecule has 0 saturated carbocycles. The third-order valence-corrected chi connectivity index (χ3v) is 2.13. The van der Waals surface area contributed by atoms with Crippen LogP contribution in [0.2, 0.25) is 5.02 Å². The van der Waals surface area contributed by atoms with E-state index in [1.54, 1.807) is 0 Å². The average molecular weight is 275 g/mol. The lowest BCUT2D eigenvalue weighted by Gasteiger charge is -2.08. The summed E-state index contributed by atoms with van der Waals surface area (Å²) in [7, 11) is 0. The van der Waals surface area contributed by atoms with Gasteiger partial charge in [-0.25, -0.2) is 14.4 Å². The number of ether oxygens (including phenoxy) is 4. The third-order valence-electron chi connectivity index (χ3n) is 1.77. The van der Waals surface area contributed by atoms with Crippen LogP contribution in [0.3, 0.4) is 0 Å². The number of hydrogen-bond acceptors (Lipinski definition) is 7. The minimum absolute atomic E-state index is 0.200. The van der Waals surface area contributed by atoms with Crippen LogP contribution < -0.4 is 14.2 Å². The van der Waals surface area contributed by atoms with E-state index in [-0.39, 0.29) is 22.3 Å². The maximum absolute atomic E-state index is 11.0. The normalized spacial score (nSPS) is 13.6. The highest BCUT2D eigenvalue weighted by Crippen LogP contribution is 2.42. The van der Waals surface area contributed by atoms with Crippen LogP contribution in [0.5, 0.6) is 17.2 Å². The van der Waals surface area contributed by atoms with Crippen LogP contribution in [0.25, 0.3) is 0 Å². The van der Waals surface area contributed by atoms with Gasteiger partial charge < -0.3 is 24.1 Å². The van der Waals surface area contributed by atoms with Gasteiger partial charge in [0.15, 0.2) is 17.2 Å². The first-order chi connectivity index (χ1) is 8.47. The highest BCUT2D eigenvalue weighted by atomic mass is 35.5. The molecular weight excluding hydrogens is 272 g/mol. The highest BCUT2D eigenvalue weighted by molar-refractivity contribution is 6.34. The summed E-state index contributed by atoms with van der Waals surface area (Å²) in [5, 5.41) is 8.10. The molecule has 8 nitrogen and oxygen atoms in total. The van der Waals surface area contributed by atoms with E-state index in [1.165, 1.54) is 0 Å². The van der Waals surface area contributed by atoms with Gasteiger partial charge >= 0.3 is 18.5 Å². The first-order valence-electron chi connectivity index (χ1n) is 4.32. The van der Waals surface area contributed by atoms with Gasteiger partial charge in [0.2, 0.25) is 0 Å². The number of hydrogen-bond donors (Lipinski definition) is 1. The minimum Gasteiger partial charge on any atom is -0.449 e. The number of carbonyl (C=O) groups excluding carboxylic acids is 2. The van der Waals surface area contributed by atoms with Crippen LogP contribution in [-0.4, -0.2) is 23.6 Å². The van der Waals surface area contributed by atoms with Crippen molar-refractivity contribution in [1.29, 1.82) is 0 Å². The quantitative estimate of drug-likeness (QED) is 0.472. The number of halogens is 1. The molecule has 0 bridgehead atoms. The lowest BCUT2D eigenvalue weighted by atomic mass is 10.3. The smallest absolute Gasteiger partial charge is 0.449 e. The van der Waals surface area contributed by atoms with Crippen molar-refractivity contribution >= 4 is 30.1 Å². The summed E-state index contributed by atoms with van der Waals surface area (Å²) in [4.78, 5) is 32.3. The van der Waals surface area contributed by atoms with Gasteiger partial charge in [0.25, 0.3) is 0 Å². The average Bonchev–Trinajstić information content (AvgIpc) is 2.40. The fourth-order valence-corrected chi connectivity index (χ4v) is 1.38. The number of benzene rings is 1. The monoisotopic (exact) mass is 274 g/mol. The Labute approximate surface area is 104 Å².